The second-order valence-corrected chi connectivity index (χ2v) is 4.99. The van der Waals surface area contributed by atoms with E-state index in [9.17, 15) is 0 Å². The predicted octanol–water partition coefficient (Wildman–Crippen LogP) is 2.71. The zero-order valence-corrected chi connectivity index (χ0v) is 11.4. The maximum Gasteiger partial charge on any atom is 0.0608 e. The third-order valence-corrected chi connectivity index (χ3v) is 3.61. The third-order valence-electron chi connectivity index (χ3n) is 3.61. The van der Waals surface area contributed by atoms with Gasteiger partial charge in [0.15, 0.2) is 0 Å². The van der Waals surface area contributed by atoms with E-state index in [1.165, 1.54) is 11.3 Å². The monoisotopic (exact) mass is 248 g/mol. The number of nitrogens with two attached hydrogens (primary N) is 1. The number of hydrogen-bond donors (Lipinski definition) is 1. The predicted molar refractivity (Wildman–Crippen MR) is 75.9 cm³/mol. The summed E-state index contributed by atoms with van der Waals surface area (Å²) in [5.41, 5.74) is 8.58. The average Bonchev–Trinajstić information content (AvgIpc) is 2.40. The fourth-order valence-electron chi connectivity index (χ4n) is 2.66. The largest absolute Gasteiger partial charge is 0.378 e. The zero-order chi connectivity index (χ0) is 13.0. The summed E-state index contributed by atoms with van der Waals surface area (Å²) in [5.74, 6) is 0. The van der Waals surface area contributed by atoms with Crippen LogP contribution in [0.1, 0.15) is 38.3 Å². The van der Waals surface area contributed by atoms with Crippen LogP contribution < -0.4 is 10.6 Å². The lowest BCUT2D eigenvalue weighted by Gasteiger charge is -2.35. The zero-order valence-electron chi connectivity index (χ0n) is 11.4. The van der Waals surface area contributed by atoms with Crippen LogP contribution in [0.15, 0.2) is 24.3 Å². The van der Waals surface area contributed by atoms with Gasteiger partial charge in [-0.15, -0.1) is 0 Å². The summed E-state index contributed by atoms with van der Waals surface area (Å²) in [6, 6.07) is 8.56. The molecule has 0 saturated carbocycles. The summed E-state index contributed by atoms with van der Waals surface area (Å²) in [7, 11) is 0. The molecule has 0 amide bonds. The van der Waals surface area contributed by atoms with Crippen LogP contribution in [-0.2, 0) is 4.74 Å². The molecule has 18 heavy (non-hydrogen) atoms. The fourth-order valence-corrected chi connectivity index (χ4v) is 2.66. The van der Waals surface area contributed by atoms with Crippen molar-refractivity contribution in [2.45, 2.75) is 38.8 Å². The number of nitrogens with zero attached hydrogens (tertiary/aromatic N) is 1. The van der Waals surface area contributed by atoms with Crippen LogP contribution in [0.3, 0.4) is 0 Å². The number of benzene rings is 1. The molecule has 0 aliphatic carbocycles. The standard InChI is InChI=1S/C15H24N2O/c1-3-18-13-8-10-17(11-9-13)15-7-5-4-6-14(15)12(2)16/h4-7,12-13H,3,8-11,16H2,1-2H3/t12-/m1/s1. The molecule has 0 unspecified atom stereocenters. The molecule has 2 rings (SSSR count). The Balaban J connectivity index is 2.05. The smallest absolute Gasteiger partial charge is 0.0608 e. The molecular formula is C15H24N2O. The van der Waals surface area contributed by atoms with E-state index in [1.54, 1.807) is 0 Å². The molecule has 1 heterocycles. The van der Waals surface area contributed by atoms with Gasteiger partial charge in [0.05, 0.1) is 6.10 Å². The van der Waals surface area contributed by atoms with Gasteiger partial charge in [-0.3, -0.25) is 0 Å². The Bertz CT molecular complexity index is 371. The Morgan fingerprint density at radius 2 is 2.00 bits per heavy atom. The van der Waals surface area contributed by atoms with Crippen molar-refractivity contribution in [3.05, 3.63) is 29.8 Å². The van der Waals surface area contributed by atoms with Gasteiger partial charge in [-0.1, -0.05) is 18.2 Å². The van der Waals surface area contributed by atoms with Crippen molar-refractivity contribution in [2.75, 3.05) is 24.6 Å². The quantitative estimate of drug-likeness (QED) is 0.890. The van der Waals surface area contributed by atoms with Gasteiger partial charge in [0, 0.05) is 31.4 Å². The molecule has 3 heteroatoms. The van der Waals surface area contributed by atoms with Crippen LogP contribution in [-0.4, -0.2) is 25.8 Å². The average molecular weight is 248 g/mol. The second-order valence-electron chi connectivity index (χ2n) is 4.99. The molecule has 1 aromatic carbocycles. The molecule has 3 nitrogen and oxygen atoms in total. The van der Waals surface area contributed by atoms with Crippen LogP contribution in [0, 0.1) is 0 Å². The van der Waals surface area contributed by atoms with Gasteiger partial charge in [-0.2, -0.15) is 0 Å². The van der Waals surface area contributed by atoms with Crippen molar-refractivity contribution in [1.29, 1.82) is 0 Å². The van der Waals surface area contributed by atoms with E-state index in [2.05, 4.69) is 36.1 Å². The highest BCUT2D eigenvalue weighted by Gasteiger charge is 2.21. The molecular weight excluding hydrogens is 224 g/mol. The maximum atomic E-state index is 6.04. The summed E-state index contributed by atoms with van der Waals surface area (Å²) >= 11 is 0. The van der Waals surface area contributed by atoms with E-state index in [4.69, 9.17) is 10.5 Å². The molecule has 1 aromatic rings. The molecule has 0 aromatic heterocycles. The Hall–Kier alpha value is -1.06. The lowest BCUT2D eigenvalue weighted by atomic mass is 10.0. The molecule has 1 saturated heterocycles. The summed E-state index contributed by atoms with van der Waals surface area (Å²) in [6.45, 7) is 7.06. The minimum absolute atomic E-state index is 0.0887. The minimum Gasteiger partial charge on any atom is -0.378 e. The second kappa shape index (κ2) is 6.21. The van der Waals surface area contributed by atoms with Crippen LogP contribution in [0.25, 0.3) is 0 Å². The highest BCUT2D eigenvalue weighted by atomic mass is 16.5. The van der Waals surface area contributed by atoms with Gasteiger partial charge < -0.3 is 15.4 Å². The number of ether oxygens (including phenoxy) is 1. The van der Waals surface area contributed by atoms with Crippen molar-refractivity contribution in [1.82, 2.24) is 0 Å². The first-order chi connectivity index (χ1) is 8.72. The summed E-state index contributed by atoms with van der Waals surface area (Å²) < 4.78 is 5.69. The SMILES string of the molecule is CCOC1CCN(c2ccccc2[C@@H](C)N)CC1. The number of rotatable bonds is 4. The van der Waals surface area contributed by atoms with Crippen LogP contribution >= 0.6 is 0 Å². The van der Waals surface area contributed by atoms with Crippen molar-refractivity contribution in [3.8, 4) is 0 Å². The summed E-state index contributed by atoms with van der Waals surface area (Å²) in [4.78, 5) is 2.44. The van der Waals surface area contributed by atoms with E-state index in [0.29, 0.717) is 6.10 Å². The maximum absolute atomic E-state index is 6.04. The summed E-state index contributed by atoms with van der Waals surface area (Å²) in [6.07, 6.45) is 2.66. The van der Waals surface area contributed by atoms with E-state index < -0.39 is 0 Å². The number of piperidine rings is 1. The van der Waals surface area contributed by atoms with Crippen LogP contribution in [0.4, 0.5) is 5.69 Å². The molecule has 100 valence electrons. The molecule has 1 atom stereocenters. The van der Waals surface area contributed by atoms with E-state index in [-0.39, 0.29) is 6.04 Å². The van der Waals surface area contributed by atoms with Gasteiger partial charge in [0.25, 0.3) is 0 Å². The highest BCUT2D eigenvalue weighted by molar-refractivity contribution is 5.55. The molecule has 0 bridgehead atoms. The van der Waals surface area contributed by atoms with E-state index in [0.717, 1.165) is 32.5 Å². The Morgan fingerprint density at radius 1 is 1.33 bits per heavy atom. The normalized spacial score (nSPS) is 18.9. The first-order valence-corrected chi connectivity index (χ1v) is 6.93. The summed E-state index contributed by atoms with van der Waals surface area (Å²) in [5, 5.41) is 0. The Labute approximate surface area is 110 Å². The first kappa shape index (κ1) is 13.4. The van der Waals surface area contributed by atoms with Crippen LogP contribution in [0.5, 0.6) is 0 Å². The van der Waals surface area contributed by atoms with Gasteiger partial charge in [0.1, 0.15) is 0 Å². The van der Waals surface area contributed by atoms with E-state index >= 15 is 0 Å². The minimum atomic E-state index is 0.0887. The lowest BCUT2D eigenvalue weighted by Crippen LogP contribution is -2.37. The van der Waals surface area contributed by atoms with Gasteiger partial charge in [0.2, 0.25) is 0 Å². The number of hydrogen-bond acceptors (Lipinski definition) is 3. The molecule has 1 fully saturated rings. The molecule has 0 radical (unpaired) electrons. The van der Waals surface area contributed by atoms with Gasteiger partial charge in [-0.25, -0.2) is 0 Å². The Kier molecular flexibility index (Phi) is 4.61. The molecule has 0 spiro atoms. The highest BCUT2D eigenvalue weighted by Crippen LogP contribution is 2.28. The van der Waals surface area contributed by atoms with Crippen molar-refractivity contribution in [2.24, 2.45) is 5.73 Å². The number of anilines is 1. The lowest BCUT2D eigenvalue weighted by molar-refractivity contribution is 0.0459. The molecule has 1 aliphatic rings. The first-order valence-electron chi connectivity index (χ1n) is 6.93. The van der Waals surface area contributed by atoms with Crippen molar-refractivity contribution < 1.29 is 4.74 Å². The third kappa shape index (κ3) is 3.03. The molecule has 1 aliphatic heterocycles. The van der Waals surface area contributed by atoms with Crippen LogP contribution in [0.2, 0.25) is 0 Å². The van der Waals surface area contributed by atoms with Crippen molar-refractivity contribution >= 4 is 5.69 Å². The fraction of sp³-hybridized carbons (Fsp3) is 0.600. The Morgan fingerprint density at radius 3 is 2.61 bits per heavy atom. The van der Waals surface area contributed by atoms with Crippen molar-refractivity contribution in [3.63, 3.8) is 0 Å². The van der Waals surface area contributed by atoms with Gasteiger partial charge in [-0.05, 0) is 38.3 Å². The van der Waals surface area contributed by atoms with E-state index in [1.807, 2.05) is 6.92 Å². The topological polar surface area (TPSA) is 38.5 Å². The molecule has 2 N–H and O–H groups in total. The van der Waals surface area contributed by atoms with Gasteiger partial charge >= 0.3 is 0 Å². The number of para-hydroxylation sites is 1.